The van der Waals surface area contributed by atoms with Gasteiger partial charge in [0, 0.05) is 19.3 Å². The minimum atomic E-state index is -1.61. The summed E-state index contributed by atoms with van der Waals surface area (Å²) in [6.07, 6.45) is -0.613. The maximum absolute atomic E-state index is 11.0. The summed E-state index contributed by atoms with van der Waals surface area (Å²) in [7, 11) is 0. The number of carboxylic acid groups (broad SMARTS) is 3. The first-order valence-electron chi connectivity index (χ1n) is 14.7. The molecule has 0 rings (SSSR count). The van der Waals surface area contributed by atoms with Gasteiger partial charge in [-0.15, -0.1) is 0 Å². The Morgan fingerprint density at radius 1 is 0.419 bits per heavy atom. The molecule has 0 aliphatic carbocycles. The fourth-order valence-corrected chi connectivity index (χ4v) is 3.59. The van der Waals surface area contributed by atoms with Crippen molar-refractivity contribution >= 4 is 35.3 Å². The molecule has 0 saturated heterocycles. The van der Waals surface area contributed by atoms with Gasteiger partial charge in [-0.2, -0.15) is 0 Å². The second kappa shape index (κ2) is 23.1. The molecule has 0 radical (unpaired) electrons. The monoisotopic (exact) mass is 636 g/mol. The number of hydrogen-bond acceptors (Lipinski definition) is 12. The molecule has 0 saturated carbocycles. The standard InChI is InChI=1S/3C10H20O4.Al/c3*1-6-10(9(11)12,13-7(2)3)14-8(4)5;/h3*7-8H,6H2,1-5H3,(H,11,12);/q;;;+3/p-3. The van der Waals surface area contributed by atoms with Gasteiger partial charge < -0.3 is 58.1 Å². The molecule has 43 heavy (non-hydrogen) atoms. The SMILES string of the molecule is CCC(OC(C)C)(OC(C)C)C(=O)[O-].CCC(OC(C)C)(OC(C)C)C(=O)[O-].CCC(OC(C)C)(OC(C)C)C(=O)[O-].[Al+3]. The molecule has 252 valence electrons. The molecule has 0 aliphatic heterocycles. The van der Waals surface area contributed by atoms with E-state index in [0.717, 1.165) is 0 Å². The second-order valence-electron chi connectivity index (χ2n) is 11.2. The van der Waals surface area contributed by atoms with Crippen LogP contribution in [0, 0.1) is 0 Å². The van der Waals surface area contributed by atoms with Crippen LogP contribution in [0.4, 0.5) is 0 Å². The molecule has 0 spiro atoms. The van der Waals surface area contributed by atoms with E-state index in [1.165, 1.54) is 0 Å². The average Bonchev–Trinajstić information content (AvgIpc) is 2.81. The van der Waals surface area contributed by atoms with Crippen molar-refractivity contribution in [2.24, 2.45) is 0 Å². The molecule has 0 aromatic heterocycles. The molecule has 12 nitrogen and oxygen atoms in total. The molecule has 0 aromatic rings. The minimum absolute atomic E-state index is 0. The van der Waals surface area contributed by atoms with Crippen molar-refractivity contribution in [3.05, 3.63) is 0 Å². The molecule has 0 N–H and O–H groups in total. The summed E-state index contributed by atoms with van der Waals surface area (Å²) < 4.78 is 31.7. The van der Waals surface area contributed by atoms with E-state index in [9.17, 15) is 29.7 Å². The third-order valence-electron chi connectivity index (χ3n) is 4.89. The topological polar surface area (TPSA) is 176 Å². The van der Waals surface area contributed by atoms with E-state index in [-0.39, 0.29) is 73.2 Å². The predicted octanol–water partition coefficient (Wildman–Crippen LogP) is 1.70. The van der Waals surface area contributed by atoms with E-state index in [2.05, 4.69) is 0 Å². The van der Waals surface area contributed by atoms with E-state index in [4.69, 9.17) is 28.4 Å². The minimum Gasteiger partial charge on any atom is -0.544 e. The first-order chi connectivity index (χ1) is 19.0. The maximum atomic E-state index is 11.0. The number of ether oxygens (including phenoxy) is 6. The van der Waals surface area contributed by atoms with Gasteiger partial charge in [0.25, 0.3) is 0 Å². The average molecular weight is 637 g/mol. The molecular weight excluding hydrogens is 579 g/mol. The van der Waals surface area contributed by atoms with Crippen LogP contribution in [0.25, 0.3) is 0 Å². The fraction of sp³-hybridized carbons (Fsp3) is 0.900. The molecule has 0 heterocycles. The van der Waals surface area contributed by atoms with Gasteiger partial charge in [-0.1, -0.05) is 20.8 Å². The summed E-state index contributed by atoms with van der Waals surface area (Å²) in [6, 6.07) is 0. The Bertz CT molecular complexity index is 636. The van der Waals surface area contributed by atoms with Crippen LogP contribution in [-0.2, 0) is 42.8 Å². The predicted molar refractivity (Wildman–Crippen MR) is 157 cm³/mol. The summed E-state index contributed by atoms with van der Waals surface area (Å²) in [6.45, 7) is 26.2. The molecule has 0 fully saturated rings. The van der Waals surface area contributed by atoms with Crippen molar-refractivity contribution in [1.82, 2.24) is 0 Å². The Morgan fingerprint density at radius 2 is 0.535 bits per heavy atom. The van der Waals surface area contributed by atoms with E-state index >= 15 is 0 Å². The second-order valence-corrected chi connectivity index (χ2v) is 11.2. The number of carbonyl (C=O) groups is 3. The number of carboxylic acids is 3. The van der Waals surface area contributed by atoms with Crippen LogP contribution >= 0.6 is 0 Å². The third kappa shape index (κ3) is 19.6. The van der Waals surface area contributed by atoms with Crippen molar-refractivity contribution in [3.8, 4) is 0 Å². The van der Waals surface area contributed by atoms with Crippen molar-refractivity contribution in [3.63, 3.8) is 0 Å². The first-order valence-corrected chi connectivity index (χ1v) is 14.7. The molecule has 0 unspecified atom stereocenters. The van der Waals surface area contributed by atoms with E-state index in [0.29, 0.717) is 0 Å². The molecule has 0 atom stereocenters. The molecule has 0 aliphatic rings. The maximum Gasteiger partial charge on any atom is 3.00 e. The number of carbonyl (C=O) groups excluding carboxylic acids is 3. The van der Waals surface area contributed by atoms with Gasteiger partial charge in [0.05, 0.1) is 36.6 Å². The van der Waals surface area contributed by atoms with Gasteiger partial charge in [-0.05, 0) is 83.1 Å². The van der Waals surface area contributed by atoms with Crippen LogP contribution in [0.5, 0.6) is 0 Å². The Kier molecular flexibility index (Phi) is 26.1. The normalized spacial score (nSPS) is 12.2. The van der Waals surface area contributed by atoms with Gasteiger partial charge in [-0.3, -0.25) is 0 Å². The van der Waals surface area contributed by atoms with Crippen molar-refractivity contribution in [2.45, 2.75) is 177 Å². The quantitative estimate of drug-likeness (QED) is 0.157. The van der Waals surface area contributed by atoms with Crippen LogP contribution < -0.4 is 15.3 Å². The zero-order valence-corrected chi connectivity index (χ0v) is 30.2. The van der Waals surface area contributed by atoms with Crippen LogP contribution in [-0.4, -0.2) is 89.3 Å². The number of aliphatic carboxylic acids is 3. The van der Waals surface area contributed by atoms with Crippen LogP contribution in [0.3, 0.4) is 0 Å². The molecule has 13 heteroatoms. The van der Waals surface area contributed by atoms with Crippen molar-refractivity contribution in [2.75, 3.05) is 0 Å². The van der Waals surface area contributed by atoms with Crippen molar-refractivity contribution < 1.29 is 58.1 Å². The zero-order chi connectivity index (χ0) is 34.1. The number of rotatable bonds is 18. The van der Waals surface area contributed by atoms with E-state index < -0.39 is 35.3 Å². The zero-order valence-electron chi connectivity index (χ0n) is 29.1. The Balaban J connectivity index is -0.000000262. The Morgan fingerprint density at radius 3 is 0.581 bits per heavy atom. The summed E-state index contributed by atoms with van der Waals surface area (Å²) in [5, 5.41) is 32.9. The first kappa shape index (κ1) is 48.6. The van der Waals surface area contributed by atoms with E-state index in [1.54, 1.807) is 104 Å². The smallest absolute Gasteiger partial charge is 0.544 e. The van der Waals surface area contributed by atoms with Crippen LogP contribution in [0.1, 0.15) is 123 Å². The van der Waals surface area contributed by atoms with Gasteiger partial charge in [0.1, 0.15) is 17.9 Å². The molecule has 0 aromatic carbocycles. The van der Waals surface area contributed by atoms with Crippen LogP contribution in [0.15, 0.2) is 0 Å². The molecule has 0 amide bonds. The summed E-state index contributed by atoms with van der Waals surface area (Å²) in [4.78, 5) is 32.9. The van der Waals surface area contributed by atoms with Gasteiger partial charge in [0.15, 0.2) is 0 Å². The summed E-state index contributed by atoms with van der Waals surface area (Å²) >= 11 is 0. The molecular formula is C30H57AlO12. The van der Waals surface area contributed by atoms with Gasteiger partial charge in [0.2, 0.25) is 17.4 Å². The van der Waals surface area contributed by atoms with Gasteiger partial charge in [-0.25, -0.2) is 0 Å². The largest absolute Gasteiger partial charge is 3.00 e. The summed E-state index contributed by atoms with van der Waals surface area (Å²) in [5.74, 6) is -8.78. The van der Waals surface area contributed by atoms with E-state index in [1.807, 2.05) is 0 Å². The van der Waals surface area contributed by atoms with Crippen molar-refractivity contribution in [1.29, 1.82) is 0 Å². The Labute approximate surface area is 270 Å². The third-order valence-corrected chi connectivity index (χ3v) is 4.89. The fourth-order valence-electron chi connectivity index (χ4n) is 3.59. The summed E-state index contributed by atoms with van der Waals surface area (Å²) in [5.41, 5.74) is 0. The van der Waals surface area contributed by atoms with Gasteiger partial charge >= 0.3 is 17.4 Å². The number of hydrogen-bond donors (Lipinski definition) is 0. The molecule has 0 bridgehead atoms. The Hall–Kier alpha value is -1.30. The van der Waals surface area contributed by atoms with Crippen LogP contribution in [0.2, 0.25) is 0 Å².